The van der Waals surface area contributed by atoms with Crippen molar-refractivity contribution in [1.82, 2.24) is 14.8 Å². The van der Waals surface area contributed by atoms with Crippen LogP contribution in [0.2, 0.25) is 0 Å². The fourth-order valence-electron chi connectivity index (χ4n) is 4.88. The smallest absolute Gasteiger partial charge is 0.273 e. The van der Waals surface area contributed by atoms with Crippen molar-refractivity contribution in [1.29, 1.82) is 0 Å². The number of amides is 2. The molecule has 1 aromatic heterocycles. The third-order valence-corrected chi connectivity index (χ3v) is 7.26. The summed E-state index contributed by atoms with van der Waals surface area (Å²) in [4.78, 5) is 33.7. The number of halogens is 2. The van der Waals surface area contributed by atoms with Crippen molar-refractivity contribution >= 4 is 23.2 Å². The van der Waals surface area contributed by atoms with Gasteiger partial charge >= 0.3 is 0 Å². The molecule has 31 heavy (non-hydrogen) atoms. The minimum Gasteiger partial charge on any atom is -0.342 e. The Bertz CT molecular complexity index is 1020. The van der Waals surface area contributed by atoms with Gasteiger partial charge in [0.15, 0.2) is 5.60 Å². The molecule has 2 atom stereocenters. The van der Waals surface area contributed by atoms with Gasteiger partial charge < -0.3 is 20.3 Å². The average Bonchev–Trinajstić information content (AvgIpc) is 3.44. The first kappa shape index (κ1) is 20.5. The van der Waals surface area contributed by atoms with Crippen LogP contribution >= 0.6 is 11.3 Å². The van der Waals surface area contributed by atoms with Crippen molar-refractivity contribution in [2.45, 2.75) is 50.1 Å². The highest BCUT2D eigenvalue weighted by atomic mass is 32.1. The van der Waals surface area contributed by atoms with Crippen LogP contribution in [0.5, 0.6) is 0 Å². The van der Waals surface area contributed by atoms with Crippen LogP contribution in [-0.2, 0) is 16.1 Å². The molecule has 3 fully saturated rings. The van der Waals surface area contributed by atoms with Crippen molar-refractivity contribution in [3.05, 3.63) is 51.5 Å². The highest BCUT2D eigenvalue weighted by molar-refractivity contribution is 7.09. The number of ether oxygens (including phenoxy) is 1. The molecule has 2 aromatic rings. The fraction of sp³-hybridized carbons (Fsp3) is 0.476. The monoisotopic (exact) mass is 448 g/mol. The molecule has 3 aliphatic rings. The molecule has 7 nitrogen and oxygen atoms in total. The molecule has 164 valence electrons. The minimum atomic E-state index is -0.990. The second kappa shape index (κ2) is 7.61. The van der Waals surface area contributed by atoms with Crippen molar-refractivity contribution in [3.8, 4) is 0 Å². The van der Waals surface area contributed by atoms with Crippen molar-refractivity contribution in [2.75, 3.05) is 13.1 Å². The van der Waals surface area contributed by atoms with Gasteiger partial charge in [-0.2, -0.15) is 0 Å². The Morgan fingerprint density at radius 2 is 1.94 bits per heavy atom. The largest absolute Gasteiger partial charge is 0.342 e. The lowest BCUT2D eigenvalue weighted by molar-refractivity contribution is -0.142. The van der Waals surface area contributed by atoms with E-state index in [4.69, 9.17) is 10.5 Å². The highest BCUT2D eigenvalue weighted by Gasteiger charge is 2.58. The number of nitrogens with zero attached hydrogens (tertiary/aromatic N) is 3. The van der Waals surface area contributed by atoms with Crippen LogP contribution in [0.25, 0.3) is 0 Å². The van der Waals surface area contributed by atoms with Crippen LogP contribution in [-0.4, -0.2) is 51.5 Å². The van der Waals surface area contributed by atoms with E-state index in [1.54, 1.807) is 15.2 Å². The second-order valence-electron chi connectivity index (χ2n) is 8.20. The molecule has 10 heteroatoms. The summed E-state index contributed by atoms with van der Waals surface area (Å²) in [6, 6.07) is 2.97. The van der Waals surface area contributed by atoms with Crippen LogP contribution in [0.1, 0.15) is 52.8 Å². The topological polar surface area (TPSA) is 88.8 Å². The summed E-state index contributed by atoms with van der Waals surface area (Å²) >= 11 is 1.35. The zero-order valence-electron chi connectivity index (χ0n) is 16.7. The predicted molar refractivity (Wildman–Crippen MR) is 108 cm³/mol. The summed E-state index contributed by atoms with van der Waals surface area (Å²) in [6.07, 6.45) is 1.55. The van der Waals surface area contributed by atoms with E-state index in [2.05, 4.69) is 4.98 Å². The summed E-state index contributed by atoms with van der Waals surface area (Å²) in [5, 5.41) is 2.40. The molecule has 0 bridgehead atoms. The van der Waals surface area contributed by atoms with E-state index in [1.165, 1.54) is 23.5 Å². The van der Waals surface area contributed by atoms with Gasteiger partial charge in [-0.1, -0.05) is 0 Å². The molecule has 0 saturated carbocycles. The van der Waals surface area contributed by atoms with Crippen molar-refractivity contribution in [2.24, 2.45) is 5.73 Å². The number of hydrogen-bond acceptors (Lipinski definition) is 6. The number of fused-ring (bicyclic) bond motifs is 1. The van der Waals surface area contributed by atoms with E-state index in [-0.39, 0.29) is 18.4 Å². The Balaban J connectivity index is 1.30. The number of hydrogen-bond donors (Lipinski definition) is 1. The number of carbonyl (C=O) groups excluding carboxylic acids is 2. The van der Waals surface area contributed by atoms with Crippen molar-refractivity contribution in [3.63, 3.8) is 0 Å². The fourth-order valence-corrected chi connectivity index (χ4v) is 5.52. The number of rotatable bonds is 3. The first-order chi connectivity index (χ1) is 14.9. The minimum absolute atomic E-state index is 0.157. The molecule has 1 aromatic carbocycles. The summed E-state index contributed by atoms with van der Waals surface area (Å²) in [5.74, 6) is -1.65. The van der Waals surface area contributed by atoms with Gasteiger partial charge in [0.25, 0.3) is 11.8 Å². The number of piperidine rings is 1. The van der Waals surface area contributed by atoms with Crippen LogP contribution in [0.4, 0.5) is 8.78 Å². The number of thiazole rings is 1. The Labute approximate surface area is 181 Å². The van der Waals surface area contributed by atoms with Gasteiger partial charge in [-0.05, 0) is 30.5 Å². The van der Waals surface area contributed by atoms with Gasteiger partial charge in [-0.3, -0.25) is 9.59 Å². The number of likely N-dealkylation sites (tertiary alicyclic amines) is 1. The first-order valence-corrected chi connectivity index (χ1v) is 11.2. The molecule has 0 aliphatic carbocycles. The predicted octanol–water partition coefficient (Wildman–Crippen LogP) is 2.57. The summed E-state index contributed by atoms with van der Waals surface area (Å²) in [5.41, 5.74) is 5.40. The van der Waals surface area contributed by atoms with E-state index in [9.17, 15) is 18.4 Å². The van der Waals surface area contributed by atoms with Crippen LogP contribution in [0, 0.1) is 11.6 Å². The maximum atomic E-state index is 13.7. The zero-order chi connectivity index (χ0) is 21.8. The first-order valence-electron chi connectivity index (χ1n) is 10.3. The Hall–Kier alpha value is -2.43. The third-order valence-electron chi connectivity index (χ3n) is 6.39. The summed E-state index contributed by atoms with van der Waals surface area (Å²) < 4.78 is 33.7. The molecule has 5 rings (SSSR count). The van der Waals surface area contributed by atoms with Gasteiger partial charge in [0.1, 0.15) is 28.6 Å². The zero-order valence-corrected chi connectivity index (χ0v) is 17.5. The van der Waals surface area contributed by atoms with Gasteiger partial charge in [0.05, 0.1) is 6.04 Å². The molecule has 0 radical (unpaired) electrons. The molecule has 2 amide bonds. The Morgan fingerprint density at radius 3 is 2.58 bits per heavy atom. The van der Waals surface area contributed by atoms with E-state index >= 15 is 0 Å². The standard InChI is InChI=1S/C21H22F2N4O3S/c22-13-7-12(8-14(23)9-13)16-1-2-18-27(16)20(29)21(30-18)3-5-26(6-4-21)19(28)15-11-31-17(10-24)25-15/h7-9,11,16,18H,1-6,10,24H2/t16-,18?/m0/s1. The van der Waals surface area contributed by atoms with Gasteiger partial charge in [0.2, 0.25) is 0 Å². The third kappa shape index (κ3) is 3.42. The van der Waals surface area contributed by atoms with Gasteiger partial charge in [-0.25, -0.2) is 13.8 Å². The van der Waals surface area contributed by atoms with E-state index < -0.39 is 29.5 Å². The number of nitrogens with two attached hydrogens (primary N) is 1. The van der Waals surface area contributed by atoms with Crippen molar-refractivity contribution < 1.29 is 23.1 Å². The van der Waals surface area contributed by atoms with Crippen LogP contribution in [0.15, 0.2) is 23.6 Å². The molecule has 3 aliphatic heterocycles. The van der Waals surface area contributed by atoms with E-state index in [1.807, 2.05) is 0 Å². The lowest BCUT2D eigenvalue weighted by atomic mass is 9.89. The lowest BCUT2D eigenvalue weighted by Gasteiger charge is -2.37. The molecule has 1 spiro atoms. The summed E-state index contributed by atoms with van der Waals surface area (Å²) in [6.45, 7) is 1.04. The number of benzene rings is 1. The maximum Gasteiger partial charge on any atom is 0.273 e. The molecular weight excluding hydrogens is 426 g/mol. The molecule has 4 heterocycles. The van der Waals surface area contributed by atoms with E-state index in [0.717, 1.165) is 6.07 Å². The molecule has 1 unspecified atom stereocenters. The normalized spacial score (nSPS) is 24.8. The number of aromatic nitrogens is 1. The maximum absolute atomic E-state index is 13.7. The van der Waals surface area contributed by atoms with Gasteiger partial charge in [-0.15, -0.1) is 11.3 Å². The van der Waals surface area contributed by atoms with E-state index in [0.29, 0.717) is 55.0 Å². The Morgan fingerprint density at radius 1 is 1.23 bits per heavy atom. The quantitative estimate of drug-likeness (QED) is 0.780. The van der Waals surface area contributed by atoms with Crippen LogP contribution < -0.4 is 5.73 Å². The lowest BCUT2D eigenvalue weighted by Crippen LogP contribution is -2.51. The Kier molecular flexibility index (Phi) is 5.03. The molecular formula is C21H22F2N4O3S. The summed E-state index contributed by atoms with van der Waals surface area (Å²) in [7, 11) is 0. The molecule has 3 saturated heterocycles. The second-order valence-corrected chi connectivity index (χ2v) is 9.14. The van der Waals surface area contributed by atoms with Gasteiger partial charge in [0, 0.05) is 43.9 Å². The van der Waals surface area contributed by atoms with Crippen LogP contribution in [0.3, 0.4) is 0 Å². The molecule has 2 N–H and O–H groups in total. The SMILES string of the molecule is NCc1nc(C(=O)N2CCC3(CC2)OC2CC[C@@H](c4cc(F)cc(F)c4)N2C3=O)cs1. The average molecular weight is 448 g/mol. The number of carbonyl (C=O) groups is 2. The highest BCUT2D eigenvalue weighted by Crippen LogP contribution is 2.47.